The van der Waals surface area contributed by atoms with Crippen molar-refractivity contribution in [2.45, 2.75) is 0 Å². The van der Waals surface area contributed by atoms with E-state index in [1.54, 1.807) is 64.0 Å². The van der Waals surface area contributed by atoms with Crippen LogP contribution in [0.2, 0.25) is 0 Å². The number of nitrogens with one attached hydrogen (secondary N) is 4. The van der Waals surface area contributed by atoms with Crippen LogP contribution in [0.25, 0.3) is 11.0 Å². The molecule has 0 saturated heterocycles. The van der Waals surface area contributed by atoms with Crippen molar-refractivity contribution in [1.82, 2.24) is 20.3 Å². The molecule has 4 rings (SSSR count). The Labute approximate surface area is 191 Å². The number of ether oxygens (including phenoxy) is 1. The van der Waals surface area contributed by atoms with E-state index >= 15 is 0 Å². The van der Waals surface area contributed by atoms with Crippen molar-refractivity contribution in [1.29, 1.82) is 0 Å². The summed E-state index contributed by atoms with van der Waals surface area (Å²) in [4.78, 5) is 24.6. The van der Waals surface area contributed by atoms with Crippen LogP contribution in [0.15, 0.2) is 54.7 Å². The summed E-state index contributed by atoms with van der Waals surface area (Å²) in [5, 5.41) is 10.6. The number of hydrogen-bond acceptors (Lipinski definition) is 7. The maximum Gasteiger partial charge on any atom is 0.253 e. The average molecular weight is 464 g/mol. The minimum absolute atomic E-state index is 0.204. The molecular formula is C23H25N6O3P. The third-order valence-corrected chi connectivity index (χ3v) is 6.64. The van der Waals surface area contributed by atoms with Crippen molar-refractivity contribution in [3.05, 3.63) is 60.3 Å². The normalized spacial score (nSPS) is 11.3. The van der Waals surface area contributed by atoms with E-state index in [1.807, 2.05) is 18.2 Å². The fraction of sp³-hybridized carbons (Fsp3) is 0.174. The number of anilines is 4. The average Bonchev–Trinajstić information content (AvgIpc) is 3.27. The van der Waals surface area contributed by atoms with Gasteiger partial charge in [-0.1, -0.05) is 12.1 Å². The van der Waals surface area contributed by atoms with Gasteiger partial charge >= 0.3 is 0 Å². The molecule has 2 aromatic heterocycles. The molecule has 0 unspecified atom stereocenters. The molecule has 4 aromatic rings. The fourth-order valence-corrected chi connectivity index (χ4v) is 4.25. The number of benzene rings is 2. The first-order valence-electron chi connectivity index (χ1n) is 10.2. The molecule has 0 fully saturated rings. The zero-order valence-electron chi connectivity index (χ0n) is 18.8. The SMILES string of the molecule is CNC(=O)c1ccccc1Nc1nc(Nc2ccc(P(C)(C)=O)cc2OC)nc2[nH]ccc12. The lowest BCUT2D eigenvalue weighted by Crippen LogP contribution is -2.19. The van der Waals surface area contributed by atoms with E-state index in [-0.39, 0.29) is 5.91 Å². The summed E-state index contributed by atoms with van der Waals surface area (Å²) >= 11 is 0. The second-order valence-electron chi connectivity index (χ2n) is 7.75. The van der Waals surface area contributed by atoms with Crippen LogP contribution in [0.4, 0.5) is 23.1 Å². The number of nitrogens with zero attached hydrogens (tertiary/aromatic N) is 2. The molecule has 0 aliphatic carbocycles. The highest BCUT2D eigenvalue weighted by Crippen LogP contribution is 2.38. The van der Waals surface area contributed by atoms with Gasteiger partial charge in [0.05, 0.1) is 29.4 Å². The third kappa shape index (κ3) is 4.68. The van der Waals surface area contributed by atoms with Gasteiger partial charge in [0.2, 0.25) is 5.95 Å². The molecule has 10 heteroatoms. The highest BCUT2D eigenvalue weighted by atomic mass is 31.2. The molecule has 2 aromatic carbocycles. The van der Waals surface area contributed by atoms with E-state index in [0.29, 0.717) is 40.1 Å². The number of hydrogen-bond donors (Lipinski definition) is 4. The molecule has 1 amide bonds. The number of fused-ring (bicyclic) bond motifs is 1. The summed E-state index contributed by atoms with van der Waals surface area (Å²) in [6.07, 6.45) is 1.77. The van der Waals surface area contributed by atoms with Crippen LogP contribution in [-0.2, 0) is 4.57 Å². The first-order chi connectivity index (χ1) is 15.8. The largest absolute Gasteiger partial charge is 0.495 e. The van der Waals surface area contributed by atoms with E-state index in [0.717, 1.165) is 10.7 Å². The molecule has 0 bridgehead atoms. The van der Waals surface area contributed by atoms with Crippen LogP contribution in [0.5, 0.6) is 5.75 Å². The zero-order chi connectivity index (χ0) is 23.6. The van der Waals surface area contributed by atoms with Gasteiger partial charge in [0.25, 0.3) is 5.91 Å². The van der Waals surface area contributed by atoms with Crippen molar-refractivity contribution >= 4 is 52.5 Å². The van der Waals surface area contributed by atoms with E-state index < -0.39 is 7.14 Å². The monoisotopic (exact) mass is 464 g/mol. The fourth-order valence-electron chi connectivity index (χ4n) is 3.38. The number of rotatable bonds is 7. The quantitative estimate of drug-likeness (QED) is 0.304. The van der Waals surface area contributed by atoms with Gasteiger partial charge in [-0.25, -0.2) is 0 Å². The maximum absolute atomic E-state index is 12.4. The molecule has 0 aliphatic rings. The molecule has 0 spiro atoms. The van der Waals surface area contributed by atoms with Gasteiger partial charge in [-0.15, -0.1) is 0 Å². The Morgan fingerprint density at radius 2 is 1.82 bits per heavy atom. The van der Waals surface area contributed by atoms with Gasteiger partial charge in [0.15, 0.2) is 0 Å². The summed E-state index contributed by atoms with van der Waals surface area (Å²) in [5.74, 6) is 1.19. The maximum atomic E-state index is 12.4. The number of aromatic nitrogens is 3. The Morgan fingerprint density at radius 3 is 2.55 bits per heavy atom. The Balaban J connectivity index is 1.73. The number of carbonyl (C=O) groups excluding carboxylic acids is 1. The zero-order valence-corrected chi connectivity index (χ0v) is 19.7. The number of aromatic amines is 1. The number of para-hydroxylation sites is 1. The second-order valence-corrected chi connectivity index (χ2v) is 11.0. The topological polar surface area (TPSA) is 121 Å². The molecule has 4 N–H and O–H groups in total. The van der Waals surface area contributed by atoms with Crippen molar-refractivity contribution < 1.29 is 14.1 Å². The number of carbonyl (C=O) groups is 1. The van der Waals surface area contributed by atoms with Gasteiger partial charge in [-0.3, -0.25) is 4.79 Å². The van der Waals surface area contributed by atoms with Crippen LogP contribution in [0, 0.1) is 0 Å². The molecule has 0 atom stereocenters. The molecule has 0 saturated carbocycles. The Bertz CT molecular complexity index is 1380. The Hall–Kier alpha value is -3.84. The van der Waals surface area contributed by atoms with Crippen LogP contribution in [0.3, 0.4) is 0 Å². The predicted molar refractivity (Wildman–Crippen MR) is 132 cm³/mol. The highest BCUT2D eigenvalue weighted by molar-refractivity contribution is 7.70. The lowest BCUT2D eigenvalue weighted by Gasteiger charge is -2.15. The first-order valence-corrected chi connectivity index (χ1v) is 12.8. The van der Waals surface area contributed by atoms with Crippen molar-refractivity contribution in [2.24, 2.45) is 0 Å². The summed E-state index contributed by atoms with van der Waals surface area (Å²) in [7, 11) is 0.708. The first kappa shape index (κ1) is 22.4. The molecule has 2 heterocycles. The van der Waals surface area contributed by atoms with E-state index in [1.165, 1.54) is 0 Å². The molecule has 33 heavy (non-hydrogen) atoms. The summed E-state index contributed by atoms with van der Waals surface area (Å²) < 4.78 is 17.9. The highest BCUT2D eigenvalue weighted by Gasteiger charge is 2.17. The van der Waals surface area contributed by atoms with Crippen molar-refractivity contribution in [2.75, 3.05) is 38.1 Å². The minimum Gasteiger partial charge on any atom is -0.495 e. The van der Waals surface area contributed by atoms with Gasteiger partial charge in [-0.2, -0.15) is 9.97 Å². The van der Waals surface area contributed by atoms with Crippen LogP contribution < -0.4 is 26.0 Å². The number of methoxy groups -OCH3 is 1. The van der Waals surface area contributed by atoms with Gasteiger partial charge < -0.3 is 30.2 Å². The van der Waals surface area contributed by atoms with Crippen LogP contribution in [0.1, 0.15) is 10.4 Å². The Morgan fingerprint density at radius 1 is 1.03 bits per heavy atom. The number of H-pyrrole nitrogens is 1. The van der Waals surface area contributed by atoms with E-state index in [4.69, 9.17) is 4.74 Å². The Kier molecular flexibility index (Phi) is 6.07. The van der Waals surface area contributed by atoms with Gasteiger partial charge in [0.1, 0.15) is 24.4 Å². The van der Waals surface area contributed by atoms with Crippen molar-refractivity contribution in [3.63, 3.8) is 0 Å². The van der Waals surface area contributed by atoms with Crippen LogP contribution >= 0.6 is 7.14 Å². The van der Waals surface area contributed by atoms with Crippen LogP contribution in [-0.4, -0.2) is 48.3 Å². The lowest BCUT2D eigenvalue weighted by molar-refractivity contribution is 0.0964. The molecule has 170 valence electrons. The second kappa shape index (κ2) is 8.96. The van der Waals surface area contributed by atoms with E-state index in [9.17, 15) is 9.36 Å². The van der Waals surface area contributed by atoms with Gasteiger partial charge in [0, 0.05) is 18.5 Å². The molecule has 9 nitrogen and oxygen atoms in total. The minimum atomic E-state index is -2.43. The predicted octanol–water partition coefficient (Wildman–Crippen LogP) is 4.06. The summed E-state index contributed by atoms with van der Waals surface area (Å²) in [6, 6.07) is 14.4. The lowest BCUT2D eigenvalue weighted by atomic mass is 10.1. The third-order valence-electron chi connectivity index (χ3n) is 5.12. The van der Waals surface area contributed by atoms with E-state index in [2.05, 4.69) is 30.9 Å². The van der Waals surface area contributed by atoms with Gasteiger partial charge in [-0.05, 0) is 49.7 Å². The summed E-state index contributed by atoms with van der Waals surface area (Å²) in [5.41, 5.74) is 2.37. The molecular weight excluding hydrogens is 439 g/mol. The summed E-state index contributed by atoms with van der Waals surface area (Å²) in [6.45, 7) is 3.43. The standard InChI is InChI=1S/C23H25N6O3P/c1-24-22(30)15-7-5-6-8-17(15)26-21-16-11-12-25-20(16)28-23(29-21)27-18-10-9-14(33(3,4)31)13-19(18)32-2/h5-13H,1-4H3,(H,24,30)(H3,25,26,27,28,29). The number of amides is 1. The molecule has 0 aliphatic heterocycles. The smallest absolute Gasteiger partial charge is 0.253 e. The van der Waals surface area contributed by atoms with Crippen molar-refractivity contribution in [3.8, 4) is 5.75 Å². The molecule has 0 radical (unpaired) electrons.